The smallest absolute Gasteiger partial charge is 0.215 e. The number of hydrogen-bond donors (Lipinski definition) is 3. The van der Waals surface area contributed by atoms with Gasteiger partial charge in [-0.15, -0.1) is 35.3 Å². The molecule has 3 N–H and O–H groups in total. The van der Waals surface area contributed by atoms with Crippen molar-refractivity contribution in [3.05, 3.63) is 57.8 Å². The number of hydrogen-bond acceptors (Lipinski definition) is 4. The van der Waals surface area contributed by atoms with Gasteiger partial charge in [-0.25, -0.2) is 13.1 Å². The molecule has 0 bridgehead atoms. The molecular formula is C22H33IN4O2S2. The van der Waals surface area contributed by atoms with Crippen LogP contribution in [0.15, 0.2) is 46.8 Å². The zero-order valence-corrected chi connectivity index (χ0v) is 22.2. The molecule has 31 heavy (non-hydrogen) atoms. The average molecular weight is 577 g/mol. The van der Waals surface area contributed by atoms with Crippen molar-refractivity contribution in [3.8, 4) is 0 Å². The van der Waals surface area contributed by atoms with E-state index in [1.807, 2.05) is 35.6 Å². The van der Waals surface area contributed by atoms with Crippen LogP contribution in [0.4, 0.5) is 0 Å². The normalized spacial score (nSPS) is 16.4. The molecule has 6 nitrogen and oxygen atoms in total. The Balaban J connectivity index is 0.00000341. The summed E-state index contributed by atoms with van der Waals surface area (Å²) in [7, 11) is -0.0624. The third-order valence-electron chi connectivity index (χ3n) is 5.79. The minimum absolute atomic E-state index is 0. The van der Waals surface area contributed by atoms with E-state index in [0.717, 1.165) is 23.6 Å². The van der Waals surface area contributed by atoms with Gasteiger partial charge in [-0.05, 0) is 42.5 Å². The standard InChI is InChI=1S/C22H32N4O2S2.HI/c1-23-21(25-15-18-8-6-9-19(14-18)16-30(27,28)24-2)26-17-22(11-4-3-5-12-22)20-10-7-13-29-20;/h6-10,13-14,24H,3-5,11-12,15-17H2,1-2H3,(H2,23,25,26);1H. The molecule has 1 fully saturated rings. The van der Waals surface area contributed by atoms with Gasteiger partial charge < -0.3 is 10.6 Å². The van der Waals surface area contributed by atoms with Gasteiger partial charge in [-0.3, -0.25) is 4.99 Å². The van der Waals surface area contributed by atoms with Crippen LogP contribution in [0, 0.1) is 0 Å². The van der Waals surface area contributed by atoms with Crippen LogP contribution in [0.1, 0.15) is 48.1 Å². The number of thiophene rings is 1. The highest BCUT2D eigenvalue weighted by Crippen LogP contribution is 2.41. The van der Waals surface area contributed by atoms with Crippen LogP contribution in [0.25, 0.3) is 0 Å². The number of benzene rings is 1. The largest absolute Gasteiger partial charge is 0.355 e. The van der Waals surface area contributed by atoms with E-state index in [0.29, 0.717) is 6.54 Å². The van der Waals surface area contributed by atoms with Crippen LogP contribution in [-0.2, 0) is 27.7 Å². The molecule has 1 aliphatic rings. The molecule has 0 radical (unpaired) electrons. The number of sulfonamides is 1. The van der Waals surface area contributed by atoms with E-state index in [2.05, 4.69) is 37.9 Å². The summed E-state index contributed by atoms with van der Waals surface area (Å²) in [6.45, 7) is 1.45. The second kappa shape index (κ2) is 12.2. The molecule has 0 amide bonds. The Morgan fingerprint density at radius 2 is 1.84 bits per heavy atom. The highest BCUT2D eigenvalue weighted by atomic mass is 127. The second-order valence-electron chi connectivity index (χ2n) is 7.88. The predicted molar refractivity (Wildman–Crippen MR) is 141 cm³/mol. The van der Waals surface area contributed by atoms with E-state index in [-0.39, 0.29) is 35.1 Å². The van der Waals surface area contributed by atoms with E-state index in [4.69, 9.17) is 0 Å². The molecule has 1 heterocycles. The zero-order valence-electron chi connectivity index (χ0n) is 18.2. The minimum Gasteiger partial charge on any atom is -0.355 e. The van der Waals surface area contributed by atoms with Crippen LogP contribution < -0.4 is 15.4 Å². The van der Waals surface area contributed by atoms with Crippen LogP contribution in [-0.4, -0.2) is 35.0 Å². The minimum atomic E-state index is -3.28. The van der Waals surface area contributed by atoms with Crippen LogP contribution >= 0.6 is 35.3 Å². The molecule has 0 atom stereocenters. The lowest BCUT2D eigenvalue weighted by Crippen LogP contribution is -2.46. The van der Waals surface area contributed by atoms with Crippen LogP contribution in [0.3, 0.4) is 0 Å². The summed E-state index contributed by atoms with van der Waals surface area (Å²) < 4.78 is 26.0. The SMILES string of the molecule is CN=C(NCc1cccc(CS(=O)(=O)NC)c1)NCC1(c2cccs2)CCCCC1.I. The summed E-state index contributed by atoms with van der Waals surface area (Å²) >= 11 is 1.85. The van der Waals surface area contributed by atoms with Gasteiger partial charge in [0.05, 0.1) is 5.75 Å². The second-order valence-corrected chi connectivity index (χ2v) is 10.8. The number of guanidine groups is 1. The van der Waals surface area contributed by atoms with Crippen LogP contribution in [0.5, 0.6) is 0 Å². The topological polar surface area (TPSA) is 82.6 Å². The Labute approximate surface area is 207 Å². The number of nitrogens with zero attached hydrogens (tertiary/aromatic N) is 1. The average Bonchev–Trinajstić information content (AvgIpc) is 3.30. The molecule has 1 aromatic carbocycles. The molecule has 0 aliphatic heterocycles. The molecular weight excluding hydrogens is 543 g/mol. The lowest BCUT2D eigenvalue weighted by Gasteiger charge is -2.37. The molecule has 172 valence electrons. The molecule has 3 rings (SSSR count). The summed E-state index contributed by atoms with van der Waals surface area (Å²) in [4.78, 5) is 5.85. The number of halogens is 1. The molecule has 0 saturated heterocycles. The molecule has 9 heteroatoms. The predicted octanol–water partition coefficient (Wildman–Crippen LogP) is 3.98. The molecule has 1 aromatic heterocycles. The Bertz CT molecular complexity index is 940. The fourth-order valence-electron chi connectivity index (χ4n) is 4.10. The molecule has 0 spiro atoms. The third kappa shape index (κ3) is 7.44. The summed E-state index contributed by atoms with van der Waals surface area (Å²) in [6.07, 6.45) is 6.28. The Morgan fingerprint density at radius 1 is 1.10 bits per heavy atom. The van der Waals surface area contributed by atoms with E-state index >= 15 is 0 Å². The van der Waals surface area contributed by atoms with E-state index < -0.39 is 10.0 Å². The van der Waals surface area contributed by atoms with Gasteiger partial charge in [-0.1, -0.05) is 49.6 Å². The van der Waals surface area contributed by atoms with E-state index in [9.17, 15) is 8.42 Å². The quantitative estimate of drug-likeness (QED) is 0.252. The maximum Gasteiger partial charge on any atom is 0.215 e. The summed E-state index contributed by atoms with van der Waals surface area (Å²) in [5.41, 5.74) is 1.98. The van der Waals surface area contributed by atoms with Gasteiger partial charge >= 0.3 is 0 Å². The first-order chi connectivity index (χ1) is 14.5. The third-order valence-corrected chi connectivity index (χ3v) is 8.24. The van der Waals surface area contributed by atoms with Gasteiger partial charge in [-0.2, -0.15) is 0 Å². The van der Waals surface area contributed by atoms with Gasteiger partial charge in [0.2, 0.25) is 10.0 Å². The van der Waals surface area contributed by atoms with Gasteiger partial charge in [0, 0.05) is 30.4 Å². The zero-order chi connectivity index (χ0) is 21.5. The molecule has 2 aromatic rings. The fraction of sp³-hybridized carbons (Fsp3) is 0.500. The van der Waals surface area contributed by atoms with Crippen molar-refractivity contribution in [2.24, 2.45) is 4.99 Å². The van der Waals surface area contributed by atoms with Gasteiger partial charge in [0.25, 0.3) is 0 Å². The van der Waals surface area contributed by atoms with Crippen LogP contribution in [0.2, 0.25) is 0 Å². The Kier molecular flexibility index (Phi) is 10.2. The number of nitrogens with one attached hydrogen (secondary N) is 3. The van der Waals surface area contributed by atoms with E-state index in [1.165, 1.54) is 44.0 Å². The van der Waals surface area contributed by atoms with Crippen molar-refractivity contribution in [3.63, 3.8) is 0 Å². The monoisotopic (exact) mass is 576 g/mol. The Morgan fingerprint density at radius 3 is 2.48 bits per heavy atom. The summed E-state index contributed by atoms with van der Waals surface area (Å²) in [5, 5.41) is 9.08. The van der Waals surface area contributed by atoms with Crippen molar-refractivity contribution in [2.45, 2.75) is 49.8 Å². The van der Waals surface area contributed by atoms with Crippen molar-refractivity contribution in [2.75, 3.05) is 20.6 Å². The van der Waals surface area contributed by atoms with Crippen molar-refractivity contribution < 1.29 is 8.42 Å². The number of rotatable bonds is 8. The molecule has 1 aliphatic carbocycles. The lowest BCUT2D eigenvalue weighted by molar-refractivity contribution is 0.296. The summed E-state index contributed by atoms with van der Waals surface area (Å²) in [5.74, 6) is 0.748. The fourth-order valence-corrected chi connectivity index (χ4v) is 5.85. The first-order valence-corrected chi connectivity index (χ1v) is 13.0. The number of aliphatic imine (C=N–C) groups is 1. The van der Waals surface area contributed by atoms with E-state index in [1.54, 1.807) is 7.05 Å². The lowest BCUT2D eigenvalue weighted by atomic mass is 9.73. The van der Waals surface area contributed by atoms with Crippen molar-refractivity contribution in [1.82, 2.24) is 15.4 Å². The Hall–Kier alpha value is -1.17. The summed E-state index contributed by atoms with van der Waals surface area (Å²) in [6, 6.07) is 12.0. The first kappa shape index (κ1) is 26.1. The maximum absolute atomic E-state index is 11.8. The van der Waals surface area contributed by atoms with Crippen molar-refractivity contribution >= 4 is 51.3 Å². The first-order valence-electron chi connectivity index (χ1n) is 10.4. The van der Waals surface area contributed by atoms with Gasteiger partial charge in [0.15, 0.2) is 5.96 Å². The highest BCUT2D eigenvalue weighted by molar-refractivity contribution is 14.0. The van der Waals surface area contributed by atoms with Gasteiger partial charge in [0.1, 0.15) is 0 Å². The molecule has 0 unspecified atom stereocenters. The maximum atomic E-state index is 11.8. The molecule has 1 saturated carbocycles. The highest BCUT2D eigenvalue weighted by Gasteiger charge is 2.34. The van der Waals surface area contributed by atoms with Crippen molar-refractivity contribution in [1.29, 1.82) is 0 Å².